The number of hydrogen-bond donors (Lipinski definition) is 1. The molecule has 0 radical (unpaired) electrons. The maximum absolute atomic E-state index is 12.8. The lowest BCUT2D eigenvalue weighted by atomic mass is 9.79. The lowest BCUT2D eigenvalue weighted by Gasteiger charge is -2.44. The largest absolute Gasteiger partial charge is 0.340 e. The van der Waals surface area contributed by atoms with Crippen LogP contribution >= 0.6 is 11.3 Å². The number of carbonyl (C=O) groups excluding carboxylic acids is 2. The number of nitrogens with one attached hydrogen (secondary N) is 1. The van der Waals surface area contributed by atoms with Crippen molar-refractivity contribution in [1.82, 2.24) is 10.2 Å². The molecule has 1 saturated heterocycles. The van der Waals surface area contributed by atoms with Gasteiger partial charge < -0.3 is 10.2 Å². The number of rotatable bonds is 2. The zero-order valence-corrected chi connectivity index (χ0v) is 12.6. The van der Waals surface area contributed by atoms with E-state index in [9.17, 15) is 9.59 Å². The van der Waals surface area contributed by atoms with Crippen molar-refractivity contribution in [2.45, 2.75) is 51.1 Å². The van der Waals surface area contributed by atoms with E-state index in [0.29, 0.717) is 6.54 Å². The van der Waals surface area contributed by atoms with Crippen LogP contribution < -0.4 is 5.32 Å². The number of amides is 2. The van der Waals surface area contributed by atoms with Crippen LogP contribution in [0.4, 0.5) is 0 Å². The Morgan fingerprint density at radius 2 is 2.05 bits per heavy atom. The predicted octanol–water partition coefficient (Wildman–Crippen LogP) is 2.22. The van der Waals surface area contributed by atoms with Crippen LogP contribution in [0.3, 0.4) is 0 Å². The topological polar surface area (TPSA) is 49.4 Å². The molecule has 1 aromatic heterocycles. The van der Waals surface area contributed by atoms with E-state index in [-0.39, 0.29) is 18.4 Å². The first-order valence-electron chi connectivity index (χ1n) is 7.24. The Morgan fingerprint density at radius 3 is 2.70 bits per heavy atom. The third kappa shape index (κ3) is 2.35. The normalized spacial score (nSPS) is 22.1. The minimum Gasteiger partial charge on any atom is -0.340 e. The number of aryl methyl sites for hydroxylation is 1. The number of hydrogen-bond acceptors (Lipinski definition) is 3. The first-order valence-corrected chi connectivity index (χ1v) is 8.12. The Balaban J connectivity index is 1.82. The van der Waals surface area contributed by atoms with Crippen LogP contribution in [0, 0.1) is 6.92 Å². The SMILES string of the molecule is Cc1ccsc1CN1CC(=O)NC2(CCCCC2)C1=O. The van der Waals surface area contributed by atoms with E-state index in [1.165, 1.54) is 10.4 Å². The van der Waals surface area contributed by atoms with Crippen molar-refractivity contribution in [2.24, 2.45) is 0 Å². The highest BCUT2D eigenvalue weighted by molar-refractivity contribution is 7.10. The second-order valence-electron chi connectivity index (χ2n) is 5.88. The van der Waals surface area contributed by atoms with Gasteiger partial charge >= 0.3 is 0 Å². The predicted molar refractivity (Wildman–Crippen MR) is 78.4 cm³/mol. The summed E-state index contributed by atoms with van der Waals surface area (Å²) in [7, 11) is 0. The van der Waals surface area contributed by atoms with Crippen molar-refractivity contribution in [3.05, 3.63) is 21.9 Å². The van der Waals surface area contributed by atoms with Crippen molar-refractivity contribution in [2.75, 3.05) is 6.54 Å². The molecule has 4 nitrogen and oxygen atoms in total. The number of piperazine rings is 1. The Hall–Kier alpha value is -1.36. The molecule has 108 valence electrons. The van der Waals surface area contributed by atoms with Crippen LogP contribution in [-0.2, 0) is 16.1 Å². The summed E-state index contributed by atoms with van der Waals surface area (Å²) in [6, 6.07) is 2.06. The molecule has 1 saturated carbocycles. The van der Waals surface area contributed by atoms with E-state index in [4.69, 9.17) is 0 Å². The number of thiophene rings is 1. The van der Waals surface area contributed by atoms with Crippen LogP contribution in [0.25, 0.3) is 0 Å². The highest BCUT2D eigenvalue weighted by atomic mass is 32.1. The Labute approximate surface area is 123 Å². The molecule has 3 rings (SSSR count). The van der Waals surface area contributed by atoms with Gasteiger partial charge in [-0.1, -0.05) is 19.3 Å². The molecule has 5 heteroatoms. The van der Waals surface area contributed by atoms with E-state index >= 15 is 0 Å². The fourth-order valence-electron chi connectivity index (χ4n) is 3.27. The molecule has 2 aliphatic rings. The van der Waals surface area contributed by atoms with Gasteiger partial charge in [-0.25, -0.2) is 0 Å². The summed E-state index contributed by atoms with van der Waals surface area (Å²) < 4.78 is 0. The highest BCUT2D eigenvalue weighted by Crippen LogP contribution is 2.33. The molecular formula is C15H20N2O2S. The Kier molecular flexibility index (Phi) is 3.54. The first-order chi connectivity index (χ1) is 9.61. The van der Waals surface area contributed by atoms with Crippen molar-refractivity contribution in [3.63, 3.8) is 0 Å². The molecule has 1 aromatic rings. The summed E-state index contributed by atoms with van der Waals surface area (Å²) in [6.45, 7) is 2.81. The van der Waals surface area contributed by atoms with Crippen molar-refractivity contribution >= 4 is 23.2 Å². The molecule has 2 fully saturated rings. The Morgan fingerprint density at radius 1 is 1.30 bits per heavy atom. The maximum atomic E-state index is 12.8. The van der Waals surface area contributed by atoms with Gasteiger partial charge in [0.25, 0.3) is 0 Å². The second kappa shape index (κ2) is 5.20. The van der Waals surface area contributed by atoms with Crippen LogP contribution in [-0.4, -0.2) is 28.8 Å². The molecular weight excluding hydrogens is 272 g/mol. The lowest BCUT2D eigenvalue weighted by molar-refractivity contribution is -0.152. The van der Waals surface area contributed by atoms with Gasteiger partial charge in [0.15, 0.2) is 0 Å². The average Bonchev–Trinajstić information content (AvgIpc) is 2.82. The standard InChI is InChI=1S/C15H20N2O2S/c1-11-5-8-20-12(11)9-17-10-13(18)16-15(14(17)19)6-3-2-4-7-15/h5,8H,2-4,6-7,9-10H2,1H3,(H,16,18). The van der Waals surface area contributed by atoms with Gasteiger partial charge in [0.2, 0.25) is 11.8 Å². The summed E-state index contributed by atoms with van der Waals surface area (Å²) >= 11 is 1.66. The average molecular weight is 292 g/mol. The third-order valence-electron chi connectivity index (χ3n) is 4.42. The van der Waals surface area contributed by atoms with E-state index in [1.807, 2.05) is 5.38 Å². The second-order valence-corrected chi connectivity index (χ2v) is 6.88. The maximum Gasteiger partial charge on any atom is 0.249 e. The van der Waals surface area contributed by atoms with Crippen LogP contribution in [0.1, 0.15) is 42.5 Å². The lowest BCUT2D eigenvalue weighted by Crippen LogP contribution is -2.66. The minimum absolute atomic E-state index is 0.0132. The fraction of sp³-hybridized carbons (Fsp3) is 0.600. The highest BCUT2D eigenvalue weighted by Gasteiger charge is 2.46. The van der Waals surface area contributed by atoms with Gasteiger partial charge in [0.1, 0.15) is 12.1 Å². The molecule has 1 aliphatic heterocycles. The molecule has 0 atom stereocenters. The molecule has 1 aliphatic carbocycles. The van der Waals surface area contributed by atoms with Crippen LogP contribution in [0.15, 0.2) is 11.4 Å². The summed E-state index contributed by atoms with van der Waals surface area (Å²) in [5.41, 5.74) is 0.588. The summed E-state index contributed by atoms with van der Waals surface area (Å²) in [4.78, 5) is 27.7. The molecule has 0 aromatic carbocycles. The van der Waals surface area contributed by atoms with Crippen molar-refractivity contribution in [3.8, 4) is 0 Å². The van der Waals surface area contributed by atoms with Gasteiger partial charge in [0, 0.05) is 4.88 Å². The summed E-state index contributed by atoms with van der Waals surface area (Å²) in [5, 5.41) is 5.02. The van der Waals surface area contributed by atoms with Crippen LogP contribution in [0.2, 0.25) is 0 Å². The molecule has 1 spiro atoms. The zero-order chi connectivity index (χ0) is 14.2. The smallest absolute Gasteiger partial charge is 0.249 e. The fourth-order valence-corrected chi connectivity index (χ4v) is 4.19. The third-order valence-corrected chi connectivity index (χ3v) is 5.43. The molecule has 2 heterocycles. The van der Waals surface area contributed by atoms with E-state index < -0.39 is 5.54 Å². The molecule has 2 amide bonds. The first kappa shape index (κ1) is 13.6. The van der Waals surface area contributed by atoms with Crippen LogP contribution in [0.5, 0.6) is 0 Å². The molecule has 20 heavy (non-hydrogen) atoms. The molecule has 0 bridgehead atoms. The summed E-state index contributed by atoms with van der Waals surface area (Å²) in [5.74, 6) is 0.102. The van der Waals surface area contributed by atoms with Gasteiger partial charge in [-0.15, -0.1) is 11.3 Å². The van der Waals surface area contributed by atoms with Crippen molar-refractivity contribution in [1.29, 1.82) is 0 Å². The zero-order valence-electron chi connectivity index (χ0n) is 11.8. The van der Waals surface area contributed by atoms with Gasteiger partial charge in [-0.05, 0) is 36.8 Å². The van der Waals surface area contributed by atoms with E-state index in [1.54, 1.807) is 16.2 Å². The summed E-state index contributed by atoms with van der Waals surface area (Å²) in [6.07, 6.45) is 4.79. The number of carbonyl (C=O) groups is 2. The van der Waals surface area contributed by atoms with E-state index in [2.05, 4.69) is 18.3 Å². The molecule has 1 N–H and O–H groups in total. The molecule has 0 unspecified atom stereocenters. The van der Waals surface area contributed by atoms with Gasteiger partial charge in [-0.2, -0.15) is 0 Å². The van der Waals surface area contributed by atoms with Crippen molar-refractivity contribution < 1.29 is 9.59 Å². The quantitative estimate of drug-likeness (QED) is 0.908. The van der Waals surface area contributed by atoms with Gasteiger partial charge in [-0.3, -0.25) is 9.59 Å². The monoisotopic (exact) mass is 292 g/mol. The number of nitrogens with zero attached hydrogens (tertiary/aromatic N) is 1. The van der Waals surface area contributed by atoms with Gasteiger partial charge in [0.05, 0.1) is 6.54 Å². The van der Waals surface area contributed by atoms with E-state index in [0.717, 1.165) is 32.1 Å². The Bertz CT molecular complexity index is 532. The minimum atomic E-state index is -0.612.